The second-order valence-corrected chi connectivity index (χ2v) is 9.02. The normalized spacial score (nSPS) is 21.1. The molecule has 3 rings (SSSR count). The minimum Gasteiger partial charge on any atom is -0.483 e. The van der Waals surface area contributed by atoms with Crippen LogP contribution in [0.15, 0.2) is 36.4 Å². The number of nitrogens with zero attached hydrogens (tertiary/aromatic N) is 1. The Balaban J connectivity index is 1.67. The van der Waals surface area contributed by atoms with E-state index in [1.165, 1.54) is 0 Å². The third-order valence-electron chi connectivity index (χ3n) is 5.52. The summed E-state index contributed by atoms with van der Waals surface area (Å²) in [7, 11) is 0. The van der Waals surface area contributed by atoms with Gasteiger partial charge in [-0.25, -0.2) is 4.79 Å². The molecule has 1 aromatic rings. The fourth-order valence-electron chi connectivity index (χ4n) is 3.78. The number of benzene rings is 1. The van der Waals surface area contributed by atoms with Crippen molar-refractivity contribution in [2.45, 2.75) is 52.1 Å². The monoisotopic (exact) mass is 400 g/mol. The molecule has 2 heterocycles. The van der Waals surface area contributed by atoms with Crippen LogP contribution in [0.5, 0.6) is 5.75 Å². The Hall–Kier alpha value is -2.50. The number of hydrogen-bond acceptors (Lipinski definition) is 4. The number of likely N-dealkylation sites (tertiary alicyclic amines) is 1. The largest absolute Gasteiger partial charge is 0.483 e. The van der Waals surface area contributed by atoms with Gasteiger partial charge in [0.2, 0.25) is 0 Å². The first-order valence-corrected chi connectivity index (χ1v) is 10.4. The van der Waals surface area contributed by atoms with E-state index in [1.54, 1.807) is 4.90 Å². The van der Waals surface area contributed by atoms with Gasteiger partial charge in [0, 0.05) is 19.6 Å². The lowest BCUT2D eigenvalue weighted by atomic mass is 9.75. The Morgan fingerprint density at radius 2 is 1.90 bits per heavy atom. The summed E-state index contributed by atoms with van der Waals surface area (Å²) >= 11 is 0. The minimum absolute atomic E-state index is 0.0147. The number of amides is 2. The summed E-state index contributed by atoms with van der Waals surface area (Å²) in [6, 6.07) is 7.82. The molecule has 1 saturated heterocycles. The van der Waals surface area contributed by atoms with Crippen molar-refractivity contribution in [1.82, 2.24) is 10.2 Å². The number of carbonyl (C=O) groups is 2. The Bertz CT molecular complexity index is 758. The van der Waals surface area contributed by atoms with Crippen molar-refractivity contribution >= 4 is 12.0 Å². The molecule has 6 nitrogen and oxygen atoms in total. The number of ether oxygens (including phenoxy) is 2. The Labute approximate surface area is 173 Å². The molecule has 0 aromatic heterocycles. The SMILES string of the molecule is CC(C)(C)OC(=O)N1CCC2(C/C=C/Cc3ccccc3OCC(=O)NC2)CC1. The zero-order valence-corrected chi connectivity index (χ0v) is 17.7. The summed E-state index contributed by atoms with van der Waals surface area (Å²) in [5.74, 6) is 0.645. The maximum Gasteiger partial charge on any atom is 0.410 e. The van der Waals surface area contributed by atoms with Crippen LogP contribution in [0.2, 0.25) is 0 Å². The Morgan fingerprint density at radius 1 is 1.17 bits per heavy atom. The van der Waals surface area contributed by atoms with E-state index < -0.39 is 5.60 Å². The van der Waals surface area contributed by atoms with Crippen LogP contribution in [-0.2, 0) is 16.0 Å². The van der Waals surface area contributed by atoms with Gasteiger partial charge in [-0.1, -0.05) is 30.4 Å². The van der Waals surface area contributed by atoms with Gasteiger partial charge in [0.25, 0.3) is 5.91 Å². The molecule has 0 atom stereocenters. The standard InChI is InChI=1S/C23H32N2O4/c1-22(2,3)29-21(27)25-14-12-23(13-15-25)11-7-6-9-18-8-4-5-10-19(18)28-16-20(26)24-17-23/h4-8,10H,9,11-17H2,1-3H3,(H,24,26)/b7-6+. The highest BCUT2D eigenvalue weighted by Gasteiger charge is 2.36. The number of piperidine rings is 1. The molecule has 0 saturated carbocycles. The number of carbonyl (C=O) groups excluding carboxylic acids is 2. The molecule has 0 aliphatic carbocycles. The third-order valence-corrected chi connectivity index (χ3v) is 5.52. The van der Waals surface area contributed by atoms with Gasteiger partial charge in [0.05, 0.1) is 0 Å². The molecule has 0 unspecified atom stereocenters. The summed E-state index contributed by atoms with van der Waals surface area (Å²) in [5, 5.41) is 3.04. The Kier molecular flexibility index (Phi) is 6.50. The van der Waals surface area contributed by atoms with Gasteiger partial charge < -0.3 is 19.7 Å². The molecule has 2 aliphatic heterocycles. The van der Waals surface area contributed by atoms with E-state index in [0.29, 0.717) is 19.6 Å². The van der Waals surface area contributed by atoms with Gasteiger partial charge in [-0.15, -0.1) is 0 Å². The van der Waals surface area contributed by atoms with Crippen LogP contribution < -0.4 is 10.1 Å². The average Bonchev–Trinajstić information content (AvgIpc) is 2.67. The van der Waals surface area contributed by atoms with E-state index in [1.807, 2.05) is 45.0 Å². The van der Waals surface area contributed by atoms with Crippen LogP contribution in [0.1, 0.15) is 45.6 Å². The topological polar surface area (TPSA) is 67.9 Å². The number of hydrogen-bond donors (Lipinski definition) is 1. The summed E-state index contributed by atoms with van der Waals surface area (Å²) in [6.45, 7) is 7.51. The molecule has 1 fully saturated rings. The van der Waals surface area contributed by atoms with Crippen LogP contribution in [0.25, 0.3) is 0 Å². The number of fused-ring (bicyclic) bond motifs is 1. The zero-order chi connectivity index (χ0) is 20.9. The van der Waals surface area contributed by atoms with Gasteiger partial charge in [0.15, 0.2) is 6.61 Å². The first-order valence-electron chi connectivity index (χ1n) is 10.4. The fourth-order valence-corrected chi connectivity index (χ4v) is 3.78. The van der Waals surface area contributed by atoms with Crippen molar-refractivity contribution in [1.29, 1.82) is 0 Å². The summed E-state index contributed by atoms with van der Waals surface area (Å²) in [4.78, 5) is 26.5. The van der Waals surface area contributed by atoms with Crippen molar-refractivity contribution in [2.75, 3.05) is 26.2 Å². The number of rotatable bonds is 0. The van der Waals surface area contributed by atoms with E-state index >= 15 is 0 Å². The highest BCUT2D eigenvalue weighted by molar-refractivity contribution is 5.77. The maximum absolute atomic E-state index is 12.4. The van der Waals surface area contributed by atoms with Crippen LogP contribution in [0.4, 0.5) is 4.79 Å². The lowest BCUT2D eigenvalue weighted by Crippen LogP contribution is -2.49. The highest BCUT2D eigenvalue weighted by Crippen LogP contribution is 2.36. The molecule has 6 heteroatoms. The zero-order valence-electron chi connectivity index (χ0n) is 17.7. The van der Waals surface area contributed by atoms with E-state index in [-0.39, 0.29) is 24.0 Å². The highest BCUT2D eigenvalue weighted by atomic mass is 16.6. The predicted molar refractivity (Wildman–Crippen MR) is 112 cm³/mol. The molecule has 158 valence electrons. The lowest BCUT2D eigenvalue weighted by molar-refractivity contribution is -0.123. The van der Waals surface area contributed by atoms with Gasteiger partial charge in [-0.3, -0.25) is 4.79 Å². The van der Waals surface area contributed by atoms with Crippen LogP contribution in [0.3, 0.4) is 0 Å². The number of nitrogens with one attached hydrogen (secondary N) is 1. The first-order chi connectivity index (χ1) is 13.8. The summed E-state index contributed by atoms with van der Waals surface area (Å²) in [6.07, 6.45) is 7.42. The molecular formula is C23H32N2O4. The van der Waals surface area contributed by atoms with Gasteiger partial charge >= 0.3 is 6.09 Å². The van der Waals surface area contributed by atoms with Gasteiger partial charge in [-0.05, 0) is 63.5 Å². The molecular weight excluding hydrogens is 368 g/mol. The molecule has 1 aromatic carbocycles. The minimum atomic E-state index is -0.494. The molecule has 1 N–H and O–H groups in total. The fraction of sp³-hybridized carbons (Fsp3) is 0.565. The van der Waals surface area contributed by atoms with Crippen LogP contribution >= 0.6 is 0 Å². The molecule has 29 heavy (non-hydrogen) atoms. The Morgan fingerprint density at radius 3 is 2.62 bits per heavy atom. The van der Waals surface area contributed by atoms with Crippen molar-refractivity contribution in [2.24, 2.45) is 5.41 Å². The van der Waals surface area contributed by atoms with Gasteiger partial charge in [0.1, 0.15) is 11.4 Å². The molecule has 2 amide bonds. The van der Waals surface area contributed by atoms with E-state index in [4.69, 9.17) is 9.47 Å². The van der Waals surface area contributed by atoms with Gasteiger partial charge in [-0.2, -0.15) is 0 Å². The third kappa shape index (κ3) is 5.99. The quantitative estimate of drug-likeness (QED) is 0.674. The van der Waals surface area contributed by atoms with E-state index in [9.17, 15) is 9.59 Å². The van der Waals surface area contributed by atoms with Crippen LogP contribution in [0, 0.1) is 5.41 Å². The molecule has 1 spiro atoms. The predicted octanol–water partition coefficient (Wildman–Crippen LogP) is 3.70. The van der Waals surface area contributed by atoms with Crippen LogP contribution in [-0.4, -0.2) is 48.7 Å². The van der Waals surface area contributed by atoms with Crippen molar-refractivity contribution in [3.05, 3.63) is 42.0 Å². The smallest absolute Gasteiger partial charge is 0.410 e. The first kappa shape index (κ1) is 21.2. The molecule has 2 aliphatic rings. The number of allylic oxidation sites excluding steroid dienone is 2. The van der Waals surface area contributed by atoms with Crippen molar-refractivity contribution in [3.8, 4) is 5.75 Å². The lowest BCUT2D eigenvalue weighted by Gasteiger charge is -2.41. The second-order valence-electron chi connectivity index (χ2n) is 9.02. The summed E-state index contributed by atoms with van der Waals surface area (Å²) < 4.78 is 11.2. The van der Waals surface area contributed by atoms with Crippen molar-refractivity contribution in [3.63, 3.8) is 0 Å². The molecule has 0 radical (unpaired) electrons. The average molecular weight is 401 g/mol. The van der Waals surface area contributed by atoms with E-state index in [0.717, 1.165) is 37.0 Å². The molecule has 0 bridgehead atoms. The van der Waals surface area contributed by atoms with E-state index in [2.05, 4.69) is 17.5 Å². The maximum atomic E-state index is 12.4. The number of para-hydroxylation sites is 1. The van der Waals surface area contributed by atoms with Crippen molar-refractivity contribution < 1.29 is 19.1 Å². The summed E-state index contributed by atoms with van der Waals surface area (Å²) in [5.41, 5.74) is 0.529. The second kappa shape index (κ2) is 8.89.